The molecule has 0 radical (unpaired) electrons. The van der Waals surface area contributed by atoms with E-state index in [2.05, 4.69) is 4.98 Å². The highest BCUT2D eigenvalue weighted by molar-refractivity contribution is 5.32. The van der Waals surface area contributed by atoms with E-state index in [1.54, 1.807) is 0 Å². The largest absolute Gasteiger partial charge is 0.320 e. The van der Waals surface area contributed by atoms with Gasteiger partial charge in [0.1, 0.15) is 5.82 Å². The smallest absolute Gasteiger partial charge is 0.163 e. The Morgan fingerprint density at radius 1 is 1.00 bits per heavy atom. The van der Waals surface area contributed by atoms with Crippen LogP contribution in [0.3, 0.4) is 0 Å². The van der Waals surface area contributed by atoms with E-state index in [-0.39, 0.29) is 11.1 Å². The number of rotatable bonds is 2. The summed E-state index contributed by atoms with van der Waals surface area (Å²) in [6.45, 7) is 0. The molecule has 0 saturated carbocycles. The third-order valence-electron chi connectivity index (χ3n) is 2.46. The molecule has 0 fully saturated rings. The molecule has 1 aromatic heterocycles. The molecule has 1 unspecified atom stereocenters. The summed E-state index contributed by atoms with van der Waals surface area (Å²) in [6, 6.07) is 3.91. The van der Waals surface area contributed by atoms with Crippen molar-refractivity contribution in [2.24, 2.45) is 5.73 Å². The van der Waals surface area contributed by atoms with Gasteiger partial charge in [-0.05, 0) is 12.1 Å². The van der Waals surface area contributed by atoms with Gasteiger partial charge in [-0.25, -0.2) is 13.2 Å². The molecule has 2 rings (SSSR count). The summed E-state index contributed by atoms with van der Waals surface area (Å²) < 4.78 is 39.9. The predicted molar refractivity (Wildman–Crippen MR) is 56.6 cm³/mol. The molecule has 0 bridgehead atoms. The van der Waals surface area contributed by atoms with Gasteiger partial charge in [-0.1, -0.05) is 12.1 Å². The van der Waals surface area contributed by atoms with Crippen molar-refractivity contribution in [1.82, 2.24) is 4.98 Å². The molecule has 17 heavy (non-hydrogen) atoms. The van der Waals surface area contributed by atoms with Gasteiger partial charge in [0.05, 0.1) is 12.2 Å². The Morgan fingerprint density at radius 2 is 1.76 bits per heavy atom. The molecule has 0 aliphatic rings. The summed E-state index contributed by atoms with van der Waals surface area (Å²) in [4.78, 5) is 3.56. The van der Waals surface area contributed by atoms with E-state index in [9.17, 15) is 13.2 Å². The number of nitrogens with zero attached hydrogens (tertiary/aromatic N) is 1. The first kappa shape index (κ1) is 11.6. The Hall–Kier alpha value is -1.88. The van der Waals surface area contributed by atoms with Crippen LogP contribution in [0, 0.1) is 17.5 Å². The van der Waals surface area contributed by atoms with E-state index >= 15 is 0 Å². The summed E-state index contributed by atoms with van der Waals surface area (Å²) in [5, 5.41) is 0. The first-order valence-electron chi connectivity index (χ1n) is 4.90. The van der Waals surface area contributed by atoms with Crippen molar-refractivity contribution in [2.75, 3.05) is 0 Å². The Morgan fingerprint density at radius 3 is 2.47 bits per heavy atom. The number of halogens is 3. The van der Waals surface area contributed by atoms with Crippen LogP contribution in [-0.4, -0.2) is 4.98 Å². The van der Waals surface area contributed by atoms with Crippen LogP contribution < -0.4 is 5.73 Å². The fraction of sp³-hybridized carbons (Fsp3) is 0.0833. The van der Waals surface area contributed by atoms with Gasteiger partial charge < -0.3 is 5.73 Å². The zero-order chi connectivity index (χ0) is 12.4. The van der Waals surface area contributed by atoms with Gasteiger partial charge in [-0.15, -0.1) is 0 Å². The Kier molecular flexibility index (Phi) is 3.10. The van der Waals surface area contributed by atoms with Crippen molar-refractivity contribution >= 4 is 0 Å². The lowest BCUT2D eigenvalue weighted by molar-refractivity contribution is 0.492. The number of nitrogens with two attached hydrogens (primary N) is 1. The Bertz CT molecular complexity index is 543. The zero-order valence-electron chi connectivity index (χ0n) is 8.70. The van der Waals surface area contributed by atoms with E-state index < -0.39 is 23.5 Å². The molecular formula is C12H9F3N2. The number of hydrogen-bond acceptors (Lipinski definition) is 2. The van der Waals surface area contributed by atoms with Crippen molar-refractivity contribution in [3.05, 3.63) is 65.2 Å². The second-order valence-electron chi connectivity index (χ2n) is 3.52. The third kappa shape index (κ3) is 2.14. The molecule has 88 valence electrons. The van der Waals surface area contributed by atoms with Gasteiger partial charge in [-0.2, -0.15) is 0 Å². The summed E-state index contributed by atoms with van der Waals surface area (Å²) in [7, 11) is 0. The highest BCUT2D eigenvalue weighted by Crippen LogP contribution is 2.24. The molecule has 1 atom stereocenters. The maximum absolute atomic E-state index is 13.5. The molecule has 2 nitrogen and oxygen atoms in total. The lowest BCUT2D eigenvalue weighted by Gasteiger charge is -2.14. The van der Waals surface area contributed by atoms with Crippen LogP contribution >= 0.6 is 0 Å². The SMILES string of the molecule is NC(c1ccncc1F)c1cccc(F)c1F. The number of hydrogen-bond donors (Lipinski definition) is 1. The molecule has 1 aromatic carbocycles. The van der Waals surface area contributed by atoms with Crippen molar-refractivity contribution in [3.8, 4) is 0 Å². The van der Waals surface area contributed by atoms with Crippen molar-refractivity contribution < 1.29 is 13.2 Å². The van der Waals surface area contributed by atoms with Crippen LogP contribution in [0.5, 0.6) is 0 Å². The van der Waals surface area contributed by atoms with E-state index in [0.717, 1.165) is 12.3 Å². The number of aromatic nitrogens is 1. The molecule has 2 N–H and O–H groups in total. The van der Waals surface area contributed by atoms with Gasteiger partial charge in [0.15, 0.2) is 11.6 Å². The molecule has 0 aliphatic carbocycles. The fourth-order valence-corrected chi connectivity index (χ4v) is 1.57. The van der Waals surface area contributed by atoms with Crippen LogP contribution in [-0.2, 0) is 0 Å². The molecule has 0 amide bonds. The first-order valence-corrected chi connectivity index (χ1v) is 4.90. The van der Waals surface area contributed by atoms with E-state index in [0.29, 0.717) is 0 Å². The van der Waals surface area contributed by atoms with Crippen LogP contribution in [0.1, 0.15) is 17.2 Å². The molecular weight excluding hydrogens is 229 g/mol. The predicted octanol–water partition coefficient (Wildman–Crippen LogP) is 2.55. The molecule has 0 spiro atoms. The highest BCUT2D eigenvalue weighted by Gasteiger charge is 2.18. The first-order chi connectivity index (χ1) is 8.11. The average Bonchev–Trinajstić information content (AvgIpc) is 2.32. The molecule has 1 heterocycles. The Labute approximate surface area is 95.9 Å². The molecule has 0 saturated heterocycles. The van der Waals surface area contributed by atoms with Gasteiger partial charge in [0.25, 0.3) is 0 Å². The standard InChI is InChI=1S/C12H9F3N2/c13-9-3-1-2-8(11(9)15)12(16)7-4-5-17-6-10(7)14/h1-6,12H,16H2. The van der Waals surface area contributed by atoms with Gasteiger partial charge in [0.2, 0.25) is 0 Å². The summed E-state index contributed by atoms with van der Waals surface area (Å²) in [5.74, 6) is -2.72. The fourth-order valence-electron chi connectivity index (χ4n) is 1.57. The van der Waals surface area contributed by atoms with E-state index in [1.807, 2.05) is 0 Å². The molecule has 5 heteroatoms. The van der Waals surface area contributed by atoms with Crippen molar-refractivity contribution in [2.45, 2.75) is 6.04 Å². The minimum absolute atomic E-state index is 0.0736. The lowest BCUT2D eigenvalue weighted by Crippen LogP contribution is -2.16. The summed E-state index contributed by atoms with van der Waals surface area (Å²) in [5.41, 5.74) is 5.70. The number of benzene rings is 1. The molecule has 0 aliphatic heterocycles. The van der Waals surface area contributed by atoms with E-state index in [1.165, 1.54) is 24.4 Å². The monoisotopic (exact) mass is 238 g/mol. The van der Waals surface area contributed by atoms with Gasteiger partial charge in [0, 0.05) is 17.3 Å². The summed E-state index contributed by atoms with van der Waals surface area (Å²) >= 11 is 0. The lowest BCUT2D eigenvalue weighted by atomic mass is 9.99. The minimum atomic E-state index is -1.06. The maximum Gasteiger partial charge on any atom is 0.163 e. The van der Waals surface area contributed by atoms with Crippen LogP contribution in [0.2, 0.25) is 0 Å². The maximum atomic E-state index is 13.5. The van der Waals surface area contributed by atoms with E-state index in [4.69, 9.17) is 5.73 Å². The van der Waals surface area contributed by atoms with Crippen molar-refractivity contribution in [3.63, 3.8) is 0 Å². The number of pyridine rings is 1. The topological polar surface area (TPSA) is 38.9 Å². The highest BCUT2D eigenvalue weighted by atomic mass is 19.2. The second kappa shape index (κ2) is 4.55. The third-order valence-corrected chi connectivity index (χ3v) is 2.46. The summed E-state index contributed by atoms with van der Waals surface area (Å²) in [6.07, 6.45) is 2.32. The average molecular weight is 238 g/mol. The van der Waals surface area contributed by atoms with Gasteiger partial charge in [-0.3, -0.25) is 4.98 Å². The quantitative estimate of drug-likeness (QED) is 0.873. The van der Waals surface area contributed by atoms with Crippen molar-refractivity contribution in [1.29, 1.82) is 0 Å². The molecule has 2 aromatic rings. The second-order valence-corrected chi connectivity index (χ2v) is 3.52. The zero-order valence-corrected chi connectivity index (χ0v) is 8.70. The van der Waals surface area contributed by atoms with Gasteiger partial charge >= 0.3 is 0 Å². The van der Waals surface area contributed by atoms with Crippen LogP contribution in [0.25, 0.3) is 0 Å². The minimum Gasteiger partial charge on any atom is -0.320 e. The Balaban J connectivity index is 2.48. The van der Waals surface area contributed by atoms with Crippen LogP contribution in [0.4, 0.5) is 13.2 Å². The normalized spacial score (nSPS) is 12.5. The van der Waals surface area contributed by atoms with Crippen LogP contribution in [0.15, 0.2) is 36.7 Å².